The molecule has 0 saturated heterocycles. The van der Waals surface area contributed by atoms with Gasteiger partial charge in [-0.05, 0) is 38.1 Å². The fourth-order valence-corrected chi connectivity index (χ4v) is 1.16. The number of hydrogen-bond acceptors (Lipinski definition) is 3. The molecule has 4 nitrogen and oxygen atoms in total. The maximum atomic E-state index is 11.8. The summed E-state index contributed by atoms with van der Waals surface area (Å²) < 4.78 is 5.20. The van der Waals surface area contributed by atoms with E-state index in [-0.39, 0.29) is 11.5 Å². The van der Waals surface area contributed by atoms with Gasteiger partial charge in [-0.25, -0.2) is 0 Å². The van der Waals surface area contributed by atoms with Crippen LogP contribution >= 0.6 is 0 Å². The van der Waals surface area contributed by atoms with E-state index in [0.29, 0.717) is 17.7 Å². The van der Waals surface area contributed by atoms with Crippen molar-refractivity contribution in [2.24, 2.45) is 0 Å². The molecule has 0 fully saturated rings. The SMILES string of the molecule is COC(C)(C)CNC(=O)c1ccc(C#N)cc1. The first-order valence-corrected chi connectivity index (χ1v) is 5.32. The summed E-state index contributed by atoms with van der Waals surface area (Å²) in [5, 5.41) is 11.4. The monoisotopic (exact) mass is 232 g/mol. The molecule has 0 saturated carbocycles. The molecular formula is C13H16N2O2. The number of benzene rings is 1. The van der Waals surface area contributed by atoms with Crippen LogP contribution in [0, 0.1) is 11.3 Å². The predicted molar refractivity (Wildman–Crippen MR) is 64.6 cm³/mol. The molecule has 1 amide bonds. The van der Waals surface area contributed by atoms with E-state index in [0.717, 1.165) is 0 Å². The Morgan fingerprint density at radius 3 is 2.47 bits per heavy atom. The van der Waals surface area contributed by atoms with Gasteiger partial charge < -0.3 is 10.1 Å². The molecule has 1 aromatic rings. The van der Waals surface area contributed by atoms with Crippen LogP contribution in [-0.2, 0) is 4.74 Å². The molecule has 0 aliphatic heterocycles. The normalized spacial score (nSPS) is 10.7. The second kappa shape index (κ2) is 5.46. The van der Waals surface area contributed by atoms with Crippen molar-refractivity contribution in [3.63, 3.8) is 0 Å². The van der Waals surface area contributed by atoms with E-state index in [1.807, 2.05) is 19.9 Å². The van der Waals surface area contributed by atoms with E-state index < -0.39 is 0 Å². The van der Waals surface area contributed by atoms with E-state index in [4.69, 9.17) is 10.00 Å². The fraction of sp³-hybridized carbons (Fsp3) is 0.385. The number of ether oxygens (including phenoxy) is 1. The molecule has 0 aromatic heterocycles. The lowest BCUT2D eigenvalue weighted by atomic mass is 10.1. The topological polar surface area (TPSA) is 62.1 Å². The maximum Gasteiger partial charge on any atom is 0.251 e. The molecule has 0 bridgehead atoms. The van der Waals surface area contributed by atoms with Crippen LogP contribution in [-0.4, -0.2) is 25.2 Å². The first-order chi connectivity index (χ1) is 7.98. The summed E-state index contributed by atoms with van der Waals surface area (Å²) >= 11 is 0. The number of hydrogen-bond donors (Lipinski definition) is 1. The fourth-order valence-electron chi connectivity index (χ4n) is 1.16. The van der Waals surface area contributed by atoms with Gasteiger partial charge in [0.25, 0.3) is 5.91 Å². The summed E-state index contributed by atoms with van der Waals surface area (Å²) in [6, 6.07) is 8.51. The molecule has 0 aliphatic carbocycles. The average Bonchev–Trinajstić information content (AvgIpc) is 2.36. The highest BCUT2D eigenvalue weighted by molar-refractivity contribution is 5.94. The highest BCUT2D eigenvalue weighted by atomic mass is 16.5. The molecule has 1 N–H and O–H groups in total. The van der Waals surface area contributed by atoms with Crippen LogP contribution in [0.1, 0.15) is 29.8 Å². The van der Waals surface area contributed by atoms with Gasteiger partial charge in [0.1, 0.15) is 0 Å². The van der Waals surface area contributed by atoms with Gasteiger partial charge in [-0.2, -0.15) is 5.26 Å². The number of nitriles is 1. The lowest BCUT2D eigenvalue weighted by Crippen LogP contribution is -2.39. The summed E-state index contributed by atoms with van der Waals surface area (Å²) in [5.74, 6) is -0.167. The van der Waals surface area contributed by atoms with Gasteiger partial charge in [-0.3, -0.25) is 4.79 Å². The van der Waals surface area contributed by atoms with Crippen molar-refractivity contribution >= 4 is 5.91 Å². The number of nitrogens with zero attached hydrogens (tertiary/aromatic N) is 1. The van der Waals surface area contributed by atoms with Crippen LogP contribution in [0.5, 0.6) is 0 Å². The Hall–Kier alpha value is -1.86. The largest absolute Gasteiger partial charge is 0.377 e. The second-order valence-electron chi connectivity index (χ2n) is 4.34. The van der Waals surface area contributed by atoms with E-state index in [9.17, 15) is 4.79 Å². The summed E-state index contributed by atoms with van der Waals surface area (Å²) in [7, 11) is 1.61. The van der Waals surface area contributed by atoms with E-state index in [2.05, 4.69) is 5.32 Å². The Labute approximate surface area is 101 Å². The molecule has 0 radical (unpaired) electrons. The van der Waals surface area contributed by atoms with Gasteiger partial charge in [0.2, 0.25) is 0 Å². The standard InChI is InChI=1S/C13H16N2O2/c1-13(2,17-3)9-15-12(16)11-6-4-10(8-14)5-7-11/h4-7H,9H2,1-3H3,(H,15,16). The van der Waals surface area contributed by atoms with Gasteiger partial charge in [-0.1, -0.05) is 0 Å². The van der Waals surface area contributed by atoms with Crippen LogP contribution in [0.3, 0.4) is 0 Å². The maximum absolute atomic E-state index is 11.8. The van der Waals surface area contributed by atoms with E-state index in [1.54, 1.807) is 31.4 Å². The molecule has 90 valence electrons. The lowest BCUT2D eigenvalue weighted by molar-refractivity contribution is 0.0229. The Morgan fingerprint density at radius 2 is 2.00 bits per heavy atom. The Balaban J connectivity index is 2.62. The Bertz CT molecular complexity index is 430. The van der Waals surface area contributed by atoms with Crippen molar-refractivity contribution in [1.82, 2.24) is 5.32 Å². The number of nitrogens with one attached hydrogen (secondary N) is 1. The zero-order valence-electron chi connectivity index (χ0n) is 10.3. The quantitative estimate of drug-likeness (QED) is 0.859. The molecule has 0 aliphatic rings. The van der Waals surface area contributed by atoms with Gasteiger partial charge in [0.15, 0.2) is 0 Å². The minimum Gasteiger partial charge on any atom is -0.377 e. The number of amides is 1. The number of carbonyl (C=O) groups is 1. The third-order valence-electron chi connectivity index (χ3n) is 2.50. The van der Waals surface area contributed by atoms with Crippen molar-refractivity contribution in [3.05, 3.63) is 35.4 Å². The number of rotatable bonds is 4. The smallest absolute Gasteiger partial charge is 0.251 e. The summed E-state index contributed by atoms with van der Waals surface area (Å²) in [6.07, 6.45) is 0. The van der Waals surface area contributed by atoms with Crippen LogP contribution in [0.25, 0.3) is 0 Å². The van der Waals surface area contributed by atoms with Gasteiger partial charge in [-0.15, -0.1) is 0 Å². The van der Waals surface area contributed by atoms with Crippen LogP contribution in [0.4, 0.5) is 0 Å². The minimum absolute atomic E-state index is 0.167. The number of carbonyl (C=O) groups excluding carboxylic acids is 1. The minimum atomic E-state index is -0.387. The number of methoxy groups -OCH3 is 1. The Kier molecular flexibility index (Phi) is 4.24. The molecule has 0 atom stereocenters. The first-order valence-electron chi connectivity index (χ1n) is 5.32. The molecule has 1 aromatic carbocycles. The molecular weight excluding hydrogens is 216 g/mol. The summed E-state index contributed by atoms with van der Waals surface area (Å²) in [6.45, 7) is 4.22. The average molecular weight is 232 g/mol. The van der Waals surface area contributed by atoms with Crippen molar-refractivity contribution in [3.8, 4) is 6.07 Å². The predicted octanol–water partition coefficient (Wildman–Crippen LogP) is 1.71. The molecule has 17 heavy (non-hydrogen) atoms. The summed E-state index contributed by atoms with van der Waals surface area (Å²) in [5.41, 5.74) is 0.692. The highest BCUT2D eigenvalue weighted by Gasteiger charge is 2.17. The Morgan fingerprint density at radius 1 is 1.41 bits per heavy atom. The molecule has 4 heteroatoms. The van der Waals surface area contributed by atoms with Gasteiger partial charge in [0, 0.05) is 19.2 Å². The molecule has 0 heterocycles. The van der Waals surface area contributed by atoms with Crippen molar-refractivity contribution in [2.75, 3.05) is 13.7 Å². The van der Waals surface area contributed by atoms with E-state index in [1.165, 1.54) is 0 Å². The van der Waals surface area contributed by atoms with Crippen molar-refractivity contribution in [2.45, 2.75) is 19.4 Å². The zero-order chi connectivity index (χ0) is 12.9. The zero-order valence-corrected chi connectivity index (χ0v) is 10.3. The van der Waals surface area contributed by atoms with Crippen LogP contribution in [0.2, 0.25) is 0 Å². The second-order valence-corrected chi connectivity index (χ2v) is 4.34. The third kappa shape index (κ3) is 3.89. The van der Waals surface area contributed by atoms with Crippen molar-refractivity contribution in [1.29, 1.82) is 5.26 Å². The van der Waals surface area contributed by atoms with Crippen molar-refractivity contribution < 1.29 is 9.53 Å². The van der Waals surface area contributed by atoms with Crippen LogP contribution in [0.15, 0.2) is 24.3 Å². The molecule has 0 unspecified atom stereocenters. The highest BCUT2D eigenvalue weighted by Crippen LogP contribution is 2.07. The third-order valence-corrected chi connectivity index (χ3v) is 2.50. The lowest BCUT2D eigenvalue weighted by Gasteiger charge is -2.23. The molecule has 0 spiro atoms. The van der Waals surface area contributed by atoms with Gasteiger partial charge >= 0.3 is 0 Å². The molecule has 1 rings (SSSR count). The first kappa shape index (κ1) is 13.2. The summed E-state index contributed by atoms with van der Waals surface area (Å²) in [4.78, 5) is 11.8. The van der Waals surface area contributed by atoms with Crippen LogP contribution < -0.4 is 5.32 Å². The van der Waals surface area contributed by atoms with Gasteiger partial charge in [0.05, 0.1) is 17.2 Å². The van der Waals surface area contributed by atoms with E-state index >= 15 is 0 Å².